The van der Waals surface area contributed by atoms with Crippen molar-refractivity contribution < 1.29 is 14.6 Å². The van der Waals surface area contributed by atoms with E-state index in [0.717, 1.165) is 16.7 Å². The van der Waals surface area contributed by atoms with Crippen molar-refractivity contribution in [3.8, 4) is 17.2 Å². The molecule has 3 rings (SSSR count). The van der Waals surface area contributed by atoms with Gasteiger partial charge in [-0.25, -0.2) is 5.10 Å². The first kappa shape index (κ1) is 18.7. The van der Waals surface area contributed by atoms with Crippen molar-refractivity contribution in [3.05, 3.63) is 63.7 Å². The fraction of sp³-hybridized carbons (Fsp3) is 0.211. The summed E-state index contributed by atoms with van der Waals surface area (Å²) in [6.07, 6.45) is 1.67. The SMILES string of the molecule is COc1cccc(OCc2n[nH]c(=S)n2/N=C/c2cc(C)c(O)c(C)c2)c1. The number of aromatic hydroxyl groups is 1. The van der Waals surface area contributed by atoms with Gasteiger partial charge in [-0.05, 0) is 67.0 Å². The zero-order chi connectivity index (χ0) is 19.4. The Bertz CT molecular complexity index is 1020. The van der Waals surface area contributed by atoms with Gasteiger partial charge < -0.3 is 14.6 Å². The third-order valence-electron chi connectivity index (χ3n) is 3.96. The van der Waals surface area contributed by atoms with Crippen LogP contribution >= 0.6 is 12.2 Å². The summed E-state index contributed by atoms with van der Waals surface area (Å²) in [5, 5.41) is 21.2. The van der Waals surface area contributed by atoms with Gasteiger partial charge in [0.2, 0.25) is 4.77 Å². The smallest absolute Gasteiger partial charge is 0.216 e. The predicted octanol–water partition coefficient (Wildman–Crippen LogP) is 3.73. The van der Waals surface area contributed by atoms with Gasteiger partial charge in [-0.1, -0.05) is 6.07 Å². The summed E-state index contributed by atoms with van der Waals surface area (Å²) in [6.45, 7) is 3.87. The molecule has 140 valence electrons. The molecule has 0 atom stereocenters. The van der Waals surface area contributed by atoms with Gasteiger partial charge in [0, 0.05) is 6.07 Å². The Kier molecular flexibility index (Phi) is 5.56. The van der Waals surface area contributed by atoms with Crippen molar-refractivity contribution in [2.75, 3.05) is 7.11 Å². The number of ether oxygens (including phenoxy) is 2. The van der Waals surface area contributed by atoms with E-state index in [1.807, 2.05) is 44.2 Å². The molecule has 0 spiro atoms. The van der Waals surface area contributed by atoms with Gasteiger partial charge in [0.05, 0.1) is 13.3 Å². The van der Waals surface area contributed by atoms with E-state index in [1.165, 1.54) is 4.68 Å². The van der Waals surface area contributed by atoms with Crippen molar-refractivity contribution in [1.29, 1.82) is 0 Å². The molecule has 0 aliphatic carbocycles. The molecule has 0 fully saturated rings. The first-order valence-electron chi connectivity index (χ1n) is 8.25. The third-order valence-corrected chi connectivity index (χ3v) is 4.23. The van der Waals surface area contributed by atoms with Crippen LogP contribution in [0.1, 0.15) is 22.5 Å². The molecule has 0 amide bonds. The summed E-state index contributed by atoms with van der Waals surface area (Å²) in [6, 6.07) is 11.0. The highest BCUT2D eigenvalue weighted by Crippen LogP contribution is 2.22. The molecule has 7 nitrogen and oxygen atoms in total. The van der Waals surface area contributed by atoms with E-state index in [2.05, 4.69) is 15.3 Å². The molecule has 1 heterocycles. The molecule has 0 unspecified atom stereocenters. The van der Waals surface area contributed by atoms with Crippen LogP contribution in [0.2, 0.25) is 0 Å². The quantitative estimate of drug-likeness (QED) is 0.500. The fourth-order valence-electron chi connectivity index (χ4n) is 2.56. The van der Waals surface area contributed by atoms with Gasteiger partial charge in [0.25, 0.3) is 0 Å². The molecule has 2 aromatic carbocycles. The average Bonchev–Trinajstić information content (AvgIpc) is 3.02. The number of aromatic nitrogens is 3. The molecule has 1 aromatic heterocycles. The molecule has 3 aromatic rings. The van der Waals surface area contributed by atoms with Crippen molar-refractivity contribution in [2.24, 2.45) is 5.10 Å². The van der Waals surface area contributed by atoms with Crippen LogP contribution in [0.3, 0.4) is 0 Å². The molecule has 0 aliphatic rings. The number of H-pyrrole nitrogens is 1. The van der Waals surface area contributed by atoms with E-state index in [1.54, 1.807) is 19.4 Å². The molecule has 0 bridgehead atoms. The Morgan fingerprint density at radius 2 is 1.93 bits per heavy atom. The van der Waals surface area contributed by atoms with Gasteiger partial charge in [-0.3, -0.25) is 0 Å². The van der Waals surface area contributed by atoms with Crippen LogP contribution in [0.25, 0.3) is 0 Å². The predicted molar refractivity (Wildman–Crippen MR) is 105 cm³/mol. The second-order valence-corrected chi connectivity index (χ2v) is 6.36. The molecule has 27 heavy (non-hydrogen) atoms. The number of nitrogens with one attached hydrogen (secondary N) is 1. The highest BCUT2D eigenvalue weighted by molar-refractivity contribution is 7.71. The second kappa shape index (κ2) is 8.05. The van der Waals surface area contributed by atoms with E-state index in [4.69, 9.17) is 21.7 Å². The van der Waals surface area contributed by atoms with E-state index >= 15 is 0 Å². The maximum absolute atomic E-state index is 9.88. The van der Waals surface area contributed by atoms with Gasteiger partial charge >= 0.3 is 0 Å². The third kappa shape index (κ3) is 4.35. The van der Waals surface area contributed by atoms with E-state index in [0.29, 0.717) is 27.8 Å². The minimum atomic E-state index is 0.186. The van der Waals surface area contributed by atoms with Gasteiger partial charge in [-0.15, -0.1) is 0 Å². The Labute approximate surface area is 161 Å². The summed E-state index contributed by atoms with van der Waals surface area (Å²) in [5.41, 5.74) is 2.42. The van der Waals surface area contributed by atoms with Crippen molar-refractivity contribution in [3.63, 3.8) is 0 Å². The van der Waals surface area contributed by atoms with Crippen LogP contribution < -0.4 is 9.47 Å². The summed E-state index contributed by atoms with van der Waals surface area (Å²) in [4.78, 5) is 0. The van der Waals surface area contributed by atoms with Crippen LogP contribution in [0.5, 0.6) is 17.2 Å². The zero-order valence-corrected chi connectivity index (χ0v) is 16.1. The van der Waals surface area contributed by atoms with Crippen molar-refractivity contribution >= 4 is 18.4 Å². The van der Waals surface area contributed by atoms with E-state index < -0.39 is 0 Å². The Morgan fingerprint density at radius 3 is 2.63 bits per heavy atom. The molecule has 0 radical (unpaired) electrons. The maximum atomic E-state index is 9.88. The number of rotatable bonds is 6. The monoisotopic (exact) mass is 384 g/mol. The molecule has 2 N–H and O–H groups in total. The van der Waals surface area contributed by atoms with Gasteiger partial charge in [0.15, 0.2) is 5.82 Å². The van der Waals surface area contributed by atoms with Crippen molar-refractivity contribution in [2.45, 2.75) is 20.5 Å². The summed E-state index contributed by atoms with van der Waals surface area (Å²) < 4.78 is 12.8. The highest BCUT2D eigenvalue weighted by Gasteiger charge is 2.07. The van der Waals surface area contributed by atoms with Crippen molar-refractivity contribution in [1.82, 2.24) is 14.9 Å². The molecule has 0 aliphatic heterocycles. The number of methoxy groups -OCH3 is 1. The number of phenols is 1. The fourth-order valence-corrected chi connectivity index (χ4v) is 2.76. The minimum Gasteiger partial charge on any atom is -0.507 e. The van der Waals surface area contributed by atoms with Crippen LogP contribution in [0.15, 0.2) is 41.5 Å². The van der Waals surface area contributed by atoms with E-state index in [-0.39, 0.29) is 6.61 Å². The second-order valence-electron chi connectivity index (χ2n) is 5.97. The number of hydrogen-bond acceptors (Lipinski definition) is 6. The molecular weight excluding hydrogens is 364 g/mol. The van der Waals surface area contributed by atoms with Gasteiger partial charge in [-0.2, -0.15) is 14.9 Å². The Hall–Kier alpha value is -3.13. The topological polar surface area (TPSA) is 84.7 Å². The van der Waals surface area contributed by atoms with E-state index in [9.17, 15) is 5.11 Å². The van der Waals surface area contributed by atoms with Crippen LogP contribution in [0, 0.1) is 18.6 Å². The van der Waals surface area contributed by atoms with Crippen LogP contribution in [-0.4, -0.2) is 33.3 Å². The van der Waals surface area contributed by atoms with Crippen LogP contribution in [-0.2, 0) is 6.61 Å². The zero-order valence-electron chi connectivity index (χ0n) is 15.3. The summed E-state index contributed by atoms with van der Waals surface area (Å²) in [7, 11) is 1.60. The standard InChI is InChI=1S/C19H20N4O3S/c1-12-7-14(8-13(2)18(12)24)10-20-23-17(21-22-19(23)27)11-26-16-6-4-5-15(9-16)25-3/h4-10,24H,11H2,1-3H3,(H,22,27)/b20-10+. The van der Waals surface area contributed by atoms with Crippen LogP contribution in [0.4, 0.5) is 0 Å². The summed E-state index contributed by atoms with van der Waals surface area (Å²) in [5.74, 6) is 2.19. The number of benzene rings is 2. The maximum Gasteiger partial charge on any atom is 0.216 e. The summed E-state index contributed by atoms with van der Waals surface area (Å²) >= 11 is 5.25. The lowest BCUT2D eigenvalue weighted by atomic mass is 10.1. The highest BCUT2D eigenvalue weighted by atomic mass is 32.1. The first-order valence-corrected chi connectivity index (χ1v) is 8.66. The van der Waals surface area contributed by atoms with Gasteiger partial charge in [0.1, 0.15) is 23.9 Å². The first-order chi connectivity index (χ1) is 13.0. The lowest BCUT2D eigenvalue weighted by molar-refractivity contribution is 0.288. The number of aryl methyl sites for hydroxylation is 2. The molecule has 0 saturated carbocycles. The number of hydrogen-bond donors (Lipinski definition) is 2. The largest absolute Gasteiger partial charge is 0.507 e. The molecule has 0 saturated heterocycles. The average molecular weight is 384 g/mol. The number of phenolic OH excluding ortho intramolecular Hbond substituents is 1. The molecular formula is C19H20N4O3S. The lowest BCUT2D eigenvalue weighted by Gasteiger charge is -2.07. The Morgan fingerprint density at radius 1 is 1.22 bits per heavy atom. The number of nitrogens with zero attached hydrogens (tertiary/aromatic N) is 3. The molecule has 8 heteroatoms. The lowest BCUT2D eigenvalue weighted by Crippen LogP contribution is -2.04. The normalized spacial score (nSPS) is 11.1. The Balaban J connectivity index is 1.79. The number of aromatic amines is 1. The minimum absolute atomic E-state index is 0.186.